The van der Waals surface area contributed by atoms with E-state index >= 15 is 0 Å². The second-order valence-corrected chi connectivity index (χ2v) is 6.24. The van der Waals surface area contributed by atoms with E-state index in [0.29, 0.717) is 12.5 Å². The van der Waals surface area contributed by atoms with E-state index in [1.54, 1.807) is 0 Å². The first kappa shape index (κ1) is 13.1. The van der Waals surface area contributed by atoms with Crippen LogP contribution in [0.4, 0.5) is 0 Å². The average Bonchev–Trinajstić information content (AvgIpc) is 3.11. The van der Waals surface area contributed by atoms with E-state index in [2.05, 4.69) is 12.1 Å². The number of ether oxygens (including phenoxy) is 3. The number of rotatable bonds is 4. The molecule has 1 aromatic carbocycles. The quantitative estimate of drug-likeness (QED) is 0.835. The first-order valence-electron chi connectivity index (χ1n) is 6.99. The second kappa shape index (κ2) is 4.89. The summed E-state index contributed by atoms with van der Waals surface area (Å²) in [7, 11) is 0. The molecule has 2 fully saturated rings. The monoisotopic (exact) mass is 262 g/mol. The van der Waals surface area contributed by atoms with Gasteiger partial charge in [-0.25, -0.2) is 0 Å². The third-order valence-corrected chi connectivity index (χ3v) is 4.20. The molecule has 0 unspecified atom stereocenters. The SMILES string of the molecule is CC1(C)OC[C@@H]2C[C@]2(COCc2ccccc2)CO1. The van der Waals surface area contributed by atoms with Gasteiger partial charge in [-0.3, -0.25) is 0 Å². The van der Waals surface area contributed by atoms with E-state index in [0.717, 1.165) is 26.2 Å². The van der Waals surface area contributed by atoms with Crippen molar-refractivity contribution in [2.75, 3.05) is 19.8 Å². The zero-order chi connectivity index (χ0) is 13.3. The molecule has 2 atom stereocenters. The van der Waals surface area contributed by atoms with E-state index in [9.17, 15) is 0 Å². The summed E-state index contributed by atoms with van der Waals surface area (Å²) in [5, 5.41) is 0. The third kappa shape index (κ3) is 2.99. The molecule has 1 aromatic rings. The Labute approximate surface area is 114 Å². The normalized spacial score (nSPS) is 32.4. The molecule has 0 bridgehead atoms. The number of benzene rings is 1. The molecular formula is C16H22O3. The van der Waals surface area contributed by atoms with E-state index in [1.165, 1.54) is 5.56 Å². The zero-order valence-electron chi connectivity index (χ0n) is 11.7. The molecule has 1 saturated carbocycles. The van der Waals surface area contributed by atoms with Gasteiger partial charge in [0.05, 0.1) is 26.4 Å². The van der Waals surface area contributed by atoms with Crippen LogP contribution >= 0.6 is 0 Å². The summed E-state index contributed by atoms with van der Waals surface area (Å²) < 4.78 is 17.5. The second-order valence-electron chi connectivity index (χ2n) is 6.24. The van der Waals surface area contributed by atoms with Gasteiger partial charge in [-0.2, -0.15) is 0 Å². The van der Waals surface area contributed by atoms with Crippen molar-refractivity contribution in [2.24, 2.45) is 11.3 Å². The lowest BCUT2D eigenvalue weighted by atomic mass is 10.1. The number of hydrogen-bond acceptors (Lipinski definition) is 3. The summed E-state index contributed by atoms with van der Waals surface area (Å²) in [5.74, 6) is 0.157. The van der Waals surface area contributed by atoms with E-state index in [4.69, 9.17) is 14.2 Å². The van der Waals surface area contributed by atoms with Crippen LogP contribution in [-0.4, -0.2) is 25.6 Å². The van der Waals surface area contributed by atoms with Crippen LogP contribution in [-0.2, 0) is 20.8 Å². The molecule has 19 heavy (non-hydrogen) atoms. The highest BCUT2D eigenvalue weighted by Gasteiger charge is 2.57. The van der Waals surface area contributed by atoms with Crippen molar-refractivity contribution in [2.45, 2.75) is 32.7 Å². The summed E-state index contributed by atoms with van der Waals surface area (Å²) in [5.41, 5.74) is 1.42. The van der Waals surface area contributed by atoms with Crippen molar-refractivity contribution in [1.82, 2.24) is 0 Å². The fourth-order valence-corrected chi connectivity index (χ4v) is 2.67. The molecule has 1 aliphatic heterocycles. The molecule has 3 heteroatoms. The fourth-order valence-electron chi connectivity index (χ4n) is 2.67. The maximum absolute atomic E-state index is 5.89. The van der Waals surface area contributed by atoms with Crippen LogP contribution in [0.3, 0.4) is 0 Å². The average molecular weight is 262 g/mol. The molecule has 104 valence electrons. The van der Waals surface area contributed by atoms with Crippen molar-refractivity contribution in [3.05, 3.63) is 35.9 Å². The lowest BCUT2D eigenvalue weighted by Crippen LogP contribution is -2.29. The van der Waals surface area contributed by atoms with Crippen LogP contribution in [0.25, 0.3) is 0 Å². The molecule has 0 N–H and O–H groups in total. The third-order valence-electron chi connectivity index (χ3n) is 4.20. The summed E-state index contributed by atoms with van der Waals surface area (Å²) in [4.78, 5) is 0. The predicted molar refractivity (Wildman–Crippen MR) is 72.6 cm³/mol. The Morgan fingerprint density at radius 1 is 1.21 bits per heavy atom. The molecule has 0 spiro atoms. The van der Waals surface area contributed by atoms with Crippen LogP contribution in [0.15, 0.2) is 30.3 Å². The van der Waals surface area contributed by atoms with Gasteiger partial charge in [-0.15, -0.1) is 0 Å². The molecule has 0 aromatic heterocycles. The lowest BCUT2D eigenvalue weighted by Gasteiger charge is -2.25. The standard InChI is InChI=1S/C16H22O3/c1-15(2)18-10-14-8-16(14,12-19-15)11-17-9-13-6-4-3-5-7-13/h3-7,14H,8-12H2,1-2H3/t14-,16-/m0/s1. The fraction of sp³-hybridized carbons (Fsp3) is 0.625. The van der Waals surface area contributed by atoms with E-state index < -0.39 is 5.79 Å². The lowest BCUT2D eigenvalue weighted by molar-refractivity contribution is -0.210. The summed E-state index contributed by atoms with van der Waals surface area (Å²) in [6.07, 6.45) is 1.16. The van der Waals surface area contributed by atoms with Crippen molar-refractivity contribution in [1.29, 1.82) is 0 Å². The van der Waals surface area contributed by atoms with Crippen molar-refractivity contribution in [3.8, 4) is 0 Å². The minimum atomic E-state index is -0.445. The number of fused-ring (bicyclic) bond motifs is 1. The van der Waals surface area contributed by atoms with Gasteiger partial charge in [0, 0.05) is 5.41 Å². The van der Waals surface area contributed by atoms with Crippen LogP contribution in [0.2, 0.25) is 0 Å². The van der Waals surface area contributed by atoms with Gasteiger partial charge in [-0.1, -0.05) is 30.3 Å². The van der Waals surface area contributed by atoms with Crippen LogP contribution in [0.5, 0.6) is 0 Å². The zero-order valence-corrected chi connectivity index (χ0v) is 11.7. The van der Waals surface area contributed by atoms with Gasteiger partial charge in [0.25, 0.3) is 0 Å². The minimum absolute atomic E-state index is 0.197. The molecule has 3 rings (SSSR count). The van der Waals surface area contributed by atoms with Crippen molar-refractivity contribution in [3.63, 3.8) is 0 Å². The molecule has 1 aliphatic carbocycles. The molecule has 0 radical (unpaired) electrons. The highest BCUT2D eigenvalue weighted by molar-refractivity contribution is 5.13. The van der Waals surface area contributed by atoms with Crippen molar-refractivity contribution < 1.29 is 14.2 Å². The first-order chi connectivity index (χ1) is 9.10. The minimum Gasteiger partial charge on any atom is -0.376 e. The smallest absolute Gasteiger partial charge is 0.162 e. The summed E-state index contributed by atoms with van der Waals surface area (Å²) in [6, 6.07) is 10.3. The predicted octanol–water partition coefficient (Wildman–Crippen LogP) is 2.99. The molecule has 1 saturated heterocycles. The Bertz CT molecular complexity index is 429. The Morgan fingerprint density at radius 3 is 2.79 bits per heavy atom. The van der Waals surface area contributed by atoms with Gasteiger partial charge in [0.15, 0.2) is 5.79 Å². The van der Waals surface area contributed by atoms with Crippen molar-refractivity contribution >= 4 is 0 Å². The maximum atomic E-state index is 5.89. The Hall–Kier alpha value is -0.900. The molecular weight excluding hydrogens is 240 g/mol. The molecule has 3 nitrogen and oxygen atoms in total. The van der Waals surface area contributed by atoms with E-state index in [-0.39, 0.29) is 5.41 Å². The largest absolute Gasteiger partial charge is 0.376 e. The molecule has 1 heterocycles. The van der Waals surface area contributed by atoms with Gasteiger partial charge >= 0.3 is 0 Å². The topological polar surface area (TPSA) is 27.7 Å². The van der Waals surface area contributed by atoms with Gasteiger partial charge in [0.2, 0.25) is 0 Å². The molecule has 0 amide bonds. The van der Waals surface area contributed by atoms with Crippen LogP contribution in [0.1, 0.15) is 25.8 Å². The molecule has 2 aliphatic rings. The van der Waals surface area contributed by atoms with Gasteiger partial charge in [0.1, 0.15) is 0 Å². The van der Waals surface area contributed by atoms with E-state index in [1.807, 2.05) is 32.0 Å². The Kier molecular flexibility index (Phi) is 3.37. The number of hydrogen-bond donors (Lipinski definition) is 0. The maximum Gasteiger partial charge on any atom is 0.162 e. The summed E-state index contributed by atoms with van der Waals surface area (Å²) >= 11 is 0. The highest BCUT2D eigenvalue weighted by Crippen LogP contribution is 2.55. The van der Waals surface area contributed by atoms with Crippen LogP contribution < -0.4 is 0 Å². The van der Waals surface area contributed by atoms with Gasteiger partial charge in [-0.05, 0) is 31.7 Å². The Balaban J connectivity index is 1.51. The van der Waals surface area contributed by atoms with Gasteiger partial charge < -0.3 is 14.2 Å². The Morgan fingerprint density at radius 2 is 2.00 bits per heavy atom. The first-order valence-corrected chi connectivity index (χ1v) is 6.99. The highest BCUT2D eigenvalue weighted by atomic mass is 16.7. The van der Waals surface area contributed by atoms with Crippen LogP contribution in [0, 0.1) is 11.3 Å². The summed E-state index contributed by atoms with van der Waals surface area (Å²) in [6.45, 7) is 6.96.